The highest BCUT2D eigenvalue weighted by molar-refractivity contribution is 5.73. The minimum absolute atomic E-state index is 0.284. The van der Waals surface area contributed by atoms with Crippen LogP contribution < -0.4 is 0 Å². The van der Waals surface area contributed by atoms with Gasteiger partial charge in [0.05, 0.1) is 18.6 Å². The van der Waals surface area contributed by atoms with Crippen molar-refractivity contribution in [1.82, 2.24) is 0 Å². The molecule has 0 radical (unpaired) electrons. The van der Waals surface area contributed by atoms with Gasteiger partial charge in [0.1, 0.15) is 0 Å². The van der Waals surface area contributed by atoms with Crippen molar-refractivity contribution >= 4 is 5.97 Å². The highest BCUT2D eigenvalue weighted by Crippen LogP contribution is 2.14. The molecule has 0 aliphatic carbocycles. The molecule has 1 N–H and O–H groups in total. The van der Waals surface area contributed by atoms with Gasteiger partial charge in [0.15, 0.2) is 0 Å². The molecule has 52 valence electrons. The molecular weight excluding hydrogens is 120 g/mol. The van der Waals surface area contributed by atoms with Crippen LogP contribution in [0.15, 0.2) is 0 Å². The summed E-state index contributed by atoms with van der Waals surface area (Å²) in [7, 11) is 0. The molecule has 0 bridgehead atoms. The van der Waals surface area contributed by atoms with E-state index in [4.69, 9.17) is 5.11 Å². The summed E-state index contributed by atoms with van der Waals surface area (Å²) in [6.07, 6.45) is 0.0821. The molecule has 9 heavy (non-hydrogen) atoms. The molecule has 3 nitrogen and oxygen atoms in total. The van der Waals surface area contributed by atoms with E-state index in [0.717, 1.165) is 0 Å². The van der Waals surface area contributed by atoms with E-state index < -0.39 is 6.10 Å². The Morgan fingerprint density at radius 3 is 2.89 bits per heavy atom. The molecular formula is C6H10O3. The summed E-state index contributed by atoms with van der Waals surface area (Å²) in [6, 6.07) is 0. The Morgan fingerprint density at radius 2 is 2.44 bits per heavy atom. The Hall–Kier alpha value is -0.570. The first-order chi connectivity index (χ1) is 4.22. The number of hydrogen-bond donors (Lipinski definition) is 1. The van der Waals surface area contributed by atoms with Gasteiger partial charge in [0, 0.05) is 6.42 Å². The number of aliphatic hydroxyl groups is 1. The monoisotopic (exact) mass is 130 g/mol. The van der Waals surface area contributed by atoms with Crippen molar-refractivity contribution in [3.63, 3.8) is 0 Å². The predicted molar refractivity (Wildman–Crippen MR) is 30.7 cm³/mol. The quantitative estimate of drug-likeness (QED) is 0.467. The van der Waals surface area contributed by atoms with Gasteiger partial charge in [-0.05, 0) is 6.92 Å². The van der Waals surface area contributed by atoms with Crippen molar-refractivity contribution in [2.24, 2.45) is 5.92 Å². The highest BCUT2D eigenvalue weighted by Gasteiger charge is 2.27. The maximum absolute atomic E-state index is 10.6. The smallest absolute Gasteiger partial charge is 0.311 e. The Labute approximate surface area is 53.6 Å². The van der Waals surface area contributed by atoms with E-state index in [1.165, 1.54) is 0 Å². The Kier molecular flexibility index (Phi) is 1.71. The standard InChI is InChI=1S/C6H10O3/c1-4-5(7)2-3-9-6(4)8/h4-5,7H,2-3H2,1H3/t4-,5-/m0/s1. The summed E-state index contributed by atoms with van der Waals surface area (Å²) in [4.78, 5) is 10.6. The molecule has 1 rings (SSSR count). The van der Waals surface area contributed by atoms with Gasteiger partial charge in [0.25, 0.3) is 0 Å². The van der Waals surface area contributed by atoms with Crippen molar-refractivity contribution in [3.8, 4) is 0 Å². The lowest BCUT2D eigenvalue weighted by Gasteiger charge is -2.22. The first kappa shape index (κ1) is 6.55. The van der Waals surface area contributed by atoms with Gasteiger partial charge in [-0.15, -0.1) is 0 Å². The topological polar surface area (TPSA) is 46.5 Å². The van der Waals surface area contributed by atoms with Gasteiger partial charge in [-0.3, -0.25) is 4.79 Å². The van der Waals surface area contributed by atoms with E-state index in [-0.39, 0.29) is 11.9 Å². The normalized spacial score (nSPS) is 36.0. The minimum atomic E-state index is -0.494. The lowest BCUT2D eigenvalue weighted by molar-refractivity contribution is -0.159. The van der Waals surface area contributed by atoms with Crippen LogP contribution in [0.3, 0.4) is 0 Å². The summed E-state index contributed by atoms with van der Waals surface area (Å²) in [5, 5.41) is 9.05. The summed E-state index contributed by atoms with van der Waals surface area (Å²) < 4.78 is 4.66. The number of rotatable bonds is 0. The second kappa shape index (κ2) is 2.35. The van der Waals surface area contributed by atoms with Gasteiger partial charge in [-0.2, -0.15) is 0 Å². The van der Waals surface area contributed by atoms with Crippen LogP contribution in [0.1, 0.15) is 13.3 Å². The van der Waals surface area contributed by atoms with Gasteiger partial charge < -0.3 is 9.84 Å². The number of cyclic esters (lactones) is 1. The molecule has 1 fully saturated rings. The average Bonchev–Trinajstić information content (AvgIpc) is 1.83. The summed E-state index contributed by atoms with van der Waals surface area (Å²) >= 11 is 0. The van der Waals surface area contributed by atoms with Crippen LogP contribution in [0.4, 0.5) is 0 Å². The first-order valence-electron chi connectivity index (χ1n) is 3.06. The number of esters is 1. The van der Waals surface area contributed by atoms with E-state index >= 15 is 0 Å². The summed E-state index contributed by atoms with van der Waals surface area (Å²) in [5.74, 6) is -0.618. The van der Waals surface area contributed by atoms with Crippen molar-refractivity contribution < 1.29 is 14.6 Å². The molecule has 0 aromatic rings. The summed E-state index contributed by atoms with van der Waals surface area (Å²) in [6.45, 7) is 2.04. The third kappa shape index (κ3) is 1.21. The highest BCUT2D eigenvalue weighted by atomic mass is 16.5. The second-order valence-electron chi connectivity index (χ2n) is 2.31. The van der Waals surface area contributed by atoms with Crippen LogP contribution in [0.5, 0.6) is 0 Å². The second-order valence-corrected chi connectivity index (χ2v) is 2.31. The molecule has 3 heteroatoms. The van der Waals surface area contributed by atoms with Crippen LogP contribution in [0.2, 0.25) is 0 Å². The van der Waals surface area contributed by atoms with Crippen molar-refractivity contribution in [2.75, 3.05) is 6.61 Å². The lowest BCUT2D eigenvalue weighted by Crippen LogP contribution is -2.34. The number of ether oxygens (including phenoxy) is 1. The van der Waals surface area contributed by atoms with Crippen LogP contribution in [0.25, 0.3) is 0 Å². The van der Waals surface area contributed by atoms with Crippen LogP contribution in [-0.2, 0) is 9.53 Å². The molecule has 2 atom stereocenters. The lowest BCUT2D eigenvalue weighted by atomic mass is 10.0. The fourth-order valence-corrected chi connectivity index (χ4v) is 0.819. The average molecular weight is 130 g/mol. The molecule has 0 spiro atoms. The fourth-order valence-electron chi connectivity index (χ4n) is 0.819. The molecule has 1 saturated heterocycles. The number of hydrogen-bond acceptors (Lipinski definition) is 3. The number of carbonyl (C=O) groups is 1. The van der Waals surface area contributed by atoms with E-state index in [1.807, 2.05) is 0 Å². The Bertz CT molecular complexity index is 121. The van der Waals surface area contributed by atoms with Crippen LogP contribution >= 0.6 is 0 Å². The summed E-state index contributed by atoms with van der Waals surface area (Å²) in [5.41, 5.74) is 0. The van der Waals surface area contributed by atoms with Crippen molar-refractivity contribution in [3.05, 3.63) is 0 Å². The zero-order chi connectivity index (χ0) is 6.85. The molecule has 0 unspecified atom stereocenters. The van der Waals surface area contributed by atoms with Crippen LogP contribution in [0, 0.1) is 5.92 Å². The molecule has 1 aliphatic rings. The van der Waals surface area contributed by atoms with E-state index in [2.05, 4.69) is 4.74 Å². The molecule has 0 saturated carbocycles. The fraction of sp³-hybridized carbons (Fsp3) is 0.833. The zero-order valence-electron chi connectivity index (χ0n) is 5.33. The van der Waals surface area contributed by atoms with Crippen molar-refractivity contribution in [2.45, 2.75) is 19.4 Å². The number of carbonyl (C=O) groups excluding carboxylic acids is 1. The molecule has 0 aromatic heterocycles. The molecule has 1 heterocycles. The third-order valence-electron chi connectivity index (χ3n) is 1.61. The molecule has 0 aromatic carbocycles. The predicted octanol–water partition coefficient (Wildman–Crippen LogP) is -0.0697. The Balaban J connectivity index is 2.51. The van der Waals surface area contributed by atoms with Crippen LogP contribution in [-0.4, -0.2) is 23.8 Å². The van der Waals surface area contributed by atoms with E-state index in [9.17, 15) is 4.79 Å². The van der Waals surface area contributed by atoms with Gasteiger partial charge in [0.2, 0.25) is 0 Å². The van der Waals surface area contributed by atoms with E-state index in [1.54, 1.807) is 6.92 Å². The Morgan fingerprint density at radius 1 is 1.78 bits per heavy atom. The maximum Gasteiger partial charge on any atom is 0.311 e. The molecule has 1 aliphatic heterocycles. The zero-order valence-corrected chi connectivity index (χ0v) is 5.33. The van der Waals surface area contributed by atoms with Gasteiger partial charge >= 0.3 is 5.97 Å². The molecule has 0 amide bonds. The van der Waals surface area contributed by atoms with Crippen molar-refractivity contribution in [1.29, 1.82) is 0 Å². The third-order valence-corrected chi connectivity index (χ3v) is 1.61. The number of aliphatic hydroxyl groups excluding tert-OH is 1. The first-order valence-corrected chi connectivity index (χ1v) is 3.06. The SMILES string of the molecule is C[C@@H]1C(=O)OCC[C@@H]1O. The largest absolute Gasteiger partial charge is 0.465 e. The van der Waals surface area contributed by atoms with Gasteiger partial charge in [-0.25, -0.2) is 0 Å². The van der Waals surface area contributed by atoms with E-state index in [0.29, 0.717) is 13.0 Å². The van der Waals surface area contributed by atoms with Gasteiger partial charge in [-0.1, -0.05) is 0 Å². The minimum Gasteiger partial charge on any atom is -0.465 e. The maximum atomic E-state index is 10.6.